The Kier molecular flexibility index (Phi) is 12.8. The van der Waals surface area contributed by atoms with Crippen molar-refractivity contribution in [2.24, 2.45) is 11.8 Å². The van der Waals surface area contributed by atoms with Crippen molar-refractivity contribution in [1.82, 2.24) is 0 Å². The van der Waals surface area contributed by atoms with Crippen molar-refractivity contribution >= 4 is 11.6 Å². The summed E-state index contributed by atoms with van der Waals surface area (Å²) in [7, 11) is 0. The molecule has 0 saturated heterocycles. The molecule has 0 heterocycles. The number of terminal acetylenes is 1. The van der Waals surface area contributed by atoms with Crippen molar-refractivity contribution in [3.05, 3.63) is 12.2 Å². The van der Waals surface area contributed by atoms with Gasteiger partial charge in [0.2, 0.25) is 0 Å². The number of aliphatic hydroxyl groups excluding tert-OH is 2. The van der Waals surface area contributed by atoms with Gasteiger partial charge in [-0.15, -0.1) is 6.42 Å². The fourth-order valence-electron chi connectivity index (χ4n) is 4.19. The second kappa shape index (κ2) is 14.5. The molecule has 0 aromatic rings. The summed E-state index contributed by atoms with van der Waals surface area (Å²) in [5.74, 6) is 2.99. The Morgan fingerprint density at radius 1 is 1.27 bits per heavy atom. The Labute approximate surface area is 182 Å². The fraction of sp³-hybridized carbons (Fsp3) is 0.760. The summed E-state index contributed by atoms with van der Waals surface area (Å²) in [5.41, 5.74) is -1.17. The molecular formula is C25H40O5. The highest BCUT2D eigenvalue weighted by molar-refractivity contribution is 5.83. The Hall–Kier alpha value is -1.48. The Balaban J connectivity index is 2.38. The fourth-order valence-corrected chi connectivity index (χ4v) is 4.19. The Morgan fingerprint density at radius 2 is 2.00 bits per heavy atom. The average Bonchev–Trinajstić information content (AvgIpc) is 3.07. The number of hydrogen-bond donors (Lipinski definition) is 3. The van der Waals surface area contributed by atoms with Crippen LogP contribution in [0.4, 0.5) is 0 Å². The highest BCUT2D eigenvalue weighted by Crippen LogP contribution is 2.34. The van der Waals surface area contributed by atoms with Crippen molar-refractivity contribution in [2.75, 3.05) is 6.61 Å². The van der Waals surface area contributed by atoms with E-state index < -0.39 is 5.60 Å². The van der Waals surface area contributed by atoms with Crippen molar-refractivity contribution < 1.29 is 24.9 Å². The van der Waals surface area contributed by atoms with Crippen LogP contribution in [0.1, 0.15) is 90.4 Å². The van der Waals surface area contributed by atoms with Crippen molar-refractivity contribution in [2.45, 2.75) is 102 Å². The summed E-state index contributed by atoms with van der Waals surface area (Å²) in [6.07, 6.45) is 18.9. The van der Waals surface area contributed by atoms with Gasteiger partial charge in [0.05, 0.1) is 6.10 Å². The predicted octanol–water partition coefficient (Wildman–Crippen LogP) is 3.74. The second-order valence-corrected chi connectivity index (χ2v) is 8.83. The lowest BCUT2D eigenvalue weighted by Crippen LogP contribution is -2.25. The minimum Gasteiger partial charge on any atom is -0.393 e. The smallest absolute Gasteiger partial charge is 0.158 e. The maximum absolute atomic E-state index is 12.3. The number of unbranched alkanes of at least 4 members (excludes halogenated alkanes) is 4. The summed E-state index contributed by atoms with van der Waals surface area (Å²) < 4.78 is 0. The molecule has 1 aliphatic carbocycles. The third-order valence-electron chi connectivity index (χ3n) is 6.12. The first kappa shape index (κ1) is 26.6. The number of allylic oxidation sites excluding steroid dienone is 1. The number of aliphatic hydroxyl groups is 3. The lowest BCUT2D eigenvalue weighted by molar-refractivity contribution is -0.122. The number of ketones is 2. The molecule has 0 aliphatic heterocycles. The lowest BCUT2D eigenvalue weighted by Gasteiger charge is -2.21. The van der Waals surface area contributed by atoms with Crippen LogP contribution in [0.3, 0.4) is 0 Å². The topological polar surface area (TPSA) is 94.8 Å². The summed E-state index contributed by atoms with van der Waals surface area (Å²) in [6.45, 7) is 1.38. The van der Waals surface area contributed by atoms with Crippen LogP contribution in [0.5, 0.6) is 0 Å². The van der Waals surface area contributed by atoms with E-state index in [-0.39, 0.29) is 30.3 Å². The predicted molar refractivity (Wildman–Crippen MR) is 119 cm³/mol. The molecule has 1 fully saturated rings. The molecule has 5 nitrogen and oxygen atoms in total. The van der Waals surface area contributed by atoms with Crippen LogP contribution in [0.25, 0.3) is 0 Å². The maximum atomic E-state index is 12.3. The van der Waals surface area contributed by atoms with E-state index in [9.17, 15) is 19.8 Å². The van der Waals surface area contributed by atoms with Crippen molar-refractivity contribution in [1.29, 1.82) is 0 Å². The highest BCUT2D eigenvalue weighted by atomic mass is 16.3. The molecule has 0 aromatic carbocycles. The minimum atomic E-state index is -1.17. The first-order valence-electron chi connectivity index (χ1n) is 11.5. The third-order valence-corrected chi connectivity index (χ3v) is 6.12. The maximum Gasteiger partial charge on any atom is 0.158 e. The third kappa shape index (κ3) is 10.5. The number of hydrogen-bond acceptors (Lipinski definition) is 5. The van der Waals surface area contributed by atoms with E-state index >= 15 is 0 Å². The molecule has 4 atom stereocenters. The van der Waals surface area contributed by atoms with Gasteiger partial charge in [-0.3, -0.25) is 9.59 Å². The molecular weight excluding hydrogens is 380 g/mol. The molecule has 0 amide bonds. The van der Waals surface area contributed by atoms with E-state index in [1.165, 1.54) is 0 Å². The Morgan fingerprint density at radius 3 is 2.67 bits per heavy atom. The van der Waals surface area contributed by atoms with E-state index in [1.54, 1.807) is 6.92 Å². The van der Waals surface area contributed by atoms with Crippen LogP contribution < -0.4 is 0 Å². The molecule has 0 radical (unpaired) electrons. The van der Waals surface area contributed by atoms with Gasteiger partial charge in [-0.1, -0.05) is 43.8 Å². The van der Waals surface area contributed by atoms with Crippen LogP contribution in [0.2, 0.25) is 0 Å². The molecule has 0 spiro atoms. The van der Waals surface area contributed by atoms with Crippen LogP contribution in [0.15, 0.2) is 12.2 Å². The monoisotopic (exact) mass is 420 g/mol. The van der Waals surface area contributed by atoms with E-state index in [0.717, 1.165) is 51.4 Å². The number of carbonyl (C=O) groups is 2. The van der Waals surface area contributed by atoms with Gasteiger partial charge in [0.15, 0.2) is 5.78 Å². The van der Waals surface area contributed by atoms with Gasteiger partial charge >= 0.3 is 0 Å². The number of rotatable bonds is 16. The molecule has 5 heteroatoms. The molecule has 1 unspecified atom stereocenters. The molecule has 1 rings (SSSR count). The van der Waals surface area contributed by atoms with Crippen LogP contribution in [-0.2, 0) is 9.59 Å². The molecule has 30 heavy (non-hydrogen) atoms. The van der Waals surface area contributed by atoms with Gasteiger partial charge in [-0.25, -0.2) is 0 Å². The van der Waals surface area contributed by atoms with E-state index in [4.69, 9.17) is 11.5 Å². The van der Waals surface area contributed by atoms with Gasteiger partial charge in [0, 0.05) is 25.2 Å². The SMILES string of the molecule is C#C[C@@](O)(CC=C[C@H]1CCC(=O)[C@@H]1CCCCCCC(=O)CO)CCCCC(C)O. The molecule has 0 bridgehead atoms. The summed E-state index contributed by atoms with van der Waals surface area (Å²) in [5, 5.41) is 28.6. The zero-order valence-electron chi connectivity index (χ0n) is 18.5. The largest absolute Gasteiger partial charge is 0.393 e. The minimum absolute atomic E-state index is 0.0466. The van der Waals surface area contributed by atoms with Crippen LogP contribution in [-0.4, -0.2) is 45.2 Å². The number of carbonyl (C=O) groups excluding carboxylic acids is 2. The van der Waals surface area contributed by atoms with Gasteiger partial charge in [0.25, 0.3) is 0 Å². The second-order valence-electron chi connectivity index (χ2n) is 8.83. The van der Waals surface area contributed by atoms with E-state index in [1.807, 2.05) is 6.08 Å². The molecule has 0 aromatic heterocycles. The van der Waals surface area contributed by atoms with Crippen LogP contribution >= 0.6 is 0 Å². The zero-order valence-corrected chi connectivity index (χ0v) is 18.5. The van der Waals surface area contributed by atoms with Crippen molar-refractivity contribution in [3.8, 4) is 12.3 Å². The van der Waals surface area contributed by atoms with Gasteiger partial charge in [-0.05, 0) is 51.4 Å². The van der Waals surface area contributed by atoms with Crippen molar-refractivity contribution in [3.63, 3.8) is 0 Å². The molecule has 1 saturated carbocycles. The first-order valence-corrected chi connectivity index (χ1v) is 11.5. The normalized spacial score (nSPS) is 22.2. The zero-order chi connectivity index (χ0) is 22.4. The molecule has 1 aliphatic rings. The number of Topliss-reactive ketones (excluding diaryl/α,β-unsaturated/α-hetero) is 2. The van der Waals surface area contributed by atoms with Gasteiger partial charge in [0.1, 0.15) is 18.0 Å². The quantitative estimate of drug-likeness (QED) is 0.201. The highest BCUT2D eigenvalue weighted by Gasteiger charge is 2.32. The lowest BCUT2D eigenvalue weighted by atomic mass is 9.88. The summed E-state index contributed by atoms with van der Waals surface area (Å²) >= 11 is 0. The molecule has 3 N–H and O–H groups in total. The standard InChI is InChI=1S/C25H40O5/c1-3-25(30,17-9-8-11-20(2)27)18-10-12-21-15-16-24(29)23(21)14-7-5-4-6-13-22(28)19-26/h1,10,12,20-21,23,26-27,30H,4-9,11,13-19H2,2H3/t20?,21-,23+,25-/m0/s1. The molecule has 170 valence electrons. The Bertz CT molecular complexity index is 589. The van der Waals surface area contributed by atoms with E-state index in [2.05, 4.69) is 12.0 Å². The summed E-state index contributed by atoms with van der Waals surface area (Å²) in [4.78, 5) is 23.4. The first-order chi connectivity index (χ1) is 14.3. The van der Waals surface area contributed by atoms with Crippen LogP contribution in [0, 0.1) is 24.2 Å². The summed E-state index contributed by atoms with van der Waals surface area (Å²) in [6, 6.07) is 0. The average molecular weight is 421 g/mol. The van der Waals surface area contributed by atoms with Gasteiger partial charge in [-0.2, -0.15) is 0 Å². The van der Waals surface area contributed by atoms with Gasteiger partial charge < -0.3 is 15.3 Å². The van der Waals surface area contributed by atoms with E-state index in [0.29, 0.717) is 37.9 Å².